The number of nitro benzene ring substituents is 1. The number of ether oxygens (including phenoxy) is 1. The van der Waals surface area contributed by atoms with Crippen LogP contribution in [0.4, 0.5) is 21.5 Å². The number of amides is 2. The third-order valence-electron chi connectivity index (χ3n) is 5.64. The molecule has 0 radical (unpaired) electrons. The second-order valence-electron chi connectivity index (χ2n) is 7.88. The SMILES string of the molecule is O=C(Nc1cccc(CN2CCOCC2)c1)C1CC(=O)N(c2ccc(F)c([N+](=O)[O-])c2)C1. The van der Waals surface area contributed by atoms with Crippen LogP contribution in [0.1, 0.15) is 12.0 Å². The topological polar surface area (TPSA) is 105 Å². The molecule has 0 aromatic heterocycles. The zero-order chi connectivity index (χ0) is 22.7. The lowest BCUT2D eigenvalue weighted by Gasteiger charge is -2.26. The number of halogens is 1. The Morgan fingerprint density at radius 3 is 2.75 bits per heavy atom. The molecule has 2 amide bonds. The second kappa shape index (κ2) is 9.41. The van der Waals surface area contributed by atoms with Crippen molar-refractivity contribution in [2.45, 2.75) is 13.0 Å². The molecule has 2 aliphatic heterocycles. The maximum absolute atomic E-state index is 13.6. The number of benzene rings is 2. The highest BCUT2D eigenvalue weighted by Gasteiger charge is 2.36. The average molecular weight is 442 g/mol. The molecule has 2 aromatic carbocycles. The van der Waals surface area contributed by atoms with E-state index in [-0.39, 0.29) is 30.5 Å². The molecule has 2 aliphatic rings. The van der Waals surface area contributed by atoms with Crippen LogP contribution in [0.2, 0.25) is 0 Å². The predicted molar refractivity (Wildman–Crippen MR) is 115 cm³/mol. The molecule has 0 spiro atoms. The number of morpholine rings is 1. The molecule has 1 N–H and O–H groups in total. The van der Waals surface area contributed by atoms with Crippen LogP contribution in [0.3, 0.4) is 0 Å². The Hall–Kier alpha value is -3.37. The van der Waals surface area contributed by atoms with Gasteiger partial charge in [0.15, 0.2) is 0 Å². The van der Waals surface area contributed by atoms with Crippen LogP contribution in [-0.2, 0) is 20.9 Å². The van der Waals surface area contributed by atoms with E-state index in [1.165, 1.54) is 11.0 Å². The van der Waals surface area contributed by atoms with Gasteiger partial charge in [0.05, 0.1) is 29.7 Å². The van der Waals surface area contributed by atoms with Crippen LogP contribution < -0.4 is 10.2 Å². The number of rotatable bonds is 6. The van der Waals surface area contributed by atoms with E-state index >= 15 is 0 Å². The van der Waals surface area contributed by atoms with E-state index < -0.39 is 22.3 Å². The highest BCUT2D eigenvalue weighted by atomic mass is 19.1. The molecule has 2 heterocycles. The minimum Gasteiger partial charge on any atom is -0.379 e. The van der Waals surface area contributed by atoms with Gasteiger partial charge in [-0.25, -0.2) is 0 Å². The summed E-state index contributed by atoms with van der Waals surface area (Å²) in [5, 5.41) is 13.9. The van der Waals surface area contributed by atoms with Gasteiger partial charge in [0.2, 0.25) is 17.6 Å². The third kappa shape index (κ3) is 4.92. The van der Waals surface area contributed by atoms with Crippen molar-refractivity contribution in [1.29, 1.82) is 0 Å². The summed E-state index contributed by atoms with van der Waals surface area (Å²) in [6, 6.07) is 10.8. The largest absolute Gasteiger partial charge is 0.379 e. The van der Waals surface area contributed by atoms with Crippen molar-refractivity contribution in [2.75, 3.05) is 43.1 Å². The zero-order valence-corrected chi connectivity index (χ0v) is 17.3. The Balaban J connectivity index is 1.40. The number of hydrogen-bond acceptors (Lipinski definition) is 6. The Labute approximate surface area is 183 Å². The molecule has 2 saturated heterocycles. The first kappa shape index (κ1) is 21.8. The molecule has 0 aliphatic carbocycles. The number of carbonyl (C=O) groups excluding carboxylic acids is 2. The first-order valence-corrected chi connectivity index (χ1v) is 10.3. The maximum Gasteiger partial charge on any atom is 0.306 e. The van der Waals surface area contributed by atoms with Gasteiger partial charge in [0.25, 0.3) is 0 Å². The molecule has 1 atom stereocenters. The standard InChI is InChI=1S/C22H23FN4O5/c23-19-5-4-18(12-20(19)27(30)31)26-14-16(11-21(26)28)22(29)24-17-3-1-2-15(10-17)13-25-6-8-32-9-7-25/h1-5,10,12,16H,6-9,11,13-14H2,(H,24,29). The molecular formula is C22H23FN4O5. The van der Waals surface area contributed by atoms with Gasteiger partial charge in [-0.1, -0.05) is 12.1 Å². The van der Waals surface area contributed by atoms with Gasteiger partial charge in [-0.15, -0.1) is 0 Å². The molecule has 10 heteroatoms. The van der Waals surface area contributed by atoms with Gasteiger partial charge >= 0.3 is 5.69 Å². The Kier molecular flexibility index (Phi) is 6.42. The molecule has 1 unspecified atom stereocenters. The summed E-state index contributed by atoms with van der Waals surface area (Å²) in [5.74, 6) is -2.24. The number of nitro groups is 1. The van der Waals surface area contributed by atoms with Crippen molar-refractivity contribution < 1.29 is 23.6 Å². The zero-order valence-electron chi connectivity index (χ0n) is 17.3. The fourth-order valence-electron chi connectivity index (χ4n) is 3.95. The maximum atomic E-state index is 13.6. The Bertz CT molecular complexity index is 1040. The van der Waals surface area contributed by atoms with Crippen molar-refractivity contribution in [2.24, 2.45) is 5.92 Å². The van der Waals surface area contributed by atoms with E-state index in [1.54, 1.807) is 6.07 Å². The lowest BCUT2D eigenvalue weighted by molar-refractivity contribution is -0.387. The molecule has 0 bridgehead atoms. The number of nitrogens with one attached hydrogen (secondary N) is 1. The highest BCUT2D eigenvalue weighted by Crippen LogP contribution is 2.30. The smallest absolute Gasteiger partial charge is 0.306 e. The van der Waals surface area contributed by atoms with E-state index in [1.807, 2.05) is 18.2 Å². The van der Waals surface area contributed by atoms with Crippen molar-refractivity contribution in [3.63, 3.8) is 0 Å². The molecule has 32 heavy (non-hydrogen) atoms. The fourth-order valence-corrected chi connectivity index (χ4v) is 3.95. The first-order chi connectivity index (χ1) is 15.4. The van der Waals surface area contributed by atoms with Crippen LogP contribution in [0, 0.1) is 21.8 Å². The van der Waals surface area contributed by atoms with E-state index in [0.717, 1.165) is 37.3 Å². The summed E-state index contributed by atoms with van der Waals surface area (Å²) >= 11 is 0. The van der Waals surface area contributed by atoms with E-state index in [0.29, 0.717) is 18.9 Å². The highest BCUT2D eigenvalue weighted by molar-refractivity contribution is 6.03. The molecule has 9 nitrogen and oxygen atoms in total. The van der Waals surface area contributed by atoms with Crippen molar-refractivity contribution in [3.8, 4) is 0 Å². The fraction of sp³-hybridized carbons (Fsp3) is 0.364. The Morgan fingerprint density at radius 1 is 1.22 bits per heavy atom. The van der Waals surface area contributed by atoms with E-state index in [4.69, 9.17) is 4.74 Å². The molecule has 168 valence electrons. The quantitative estimate of drug-likeness (QED) is 0.545. The summed E-state index contributed by atoms with van der Waals surface area (Å²) in [7, 11) is 0. The van der Waals surface area contributed by atoms with Crippen molar-refractivity contribution >= 4 is 28.9 Å². The lowest BCUT2D eigenvalue weighted by Crippen LogP contribution is -2.35. The predicted octanol–water partition coefficient (Wildman–Crippen LogP) is 2.56. The van der Waals surface area contributed by atoms with Gasteiger partial charge in [0.1, 0.15) is 0 Å². The van der Waals surface area contributed by atoms with Crippen LogP contribution in [0.15, 0.2) is 42.5 Å². The molecule has 4 rings (SSSR count). The van der Waals surface area contributed by atoms with Crippen molar-refractivity contribution in [3.05, 3.63) is 64.0 Å². The first-order valence-electron chi connectivity index (χ1n) is 10.3. The minimum absolute atomic E-state index is 0.0233. The summed E-state index contributed by atoms with van der Waals surface area (Å²) in [6.45, 7) is 3.96. The van der Waals surface area contributed by atoms with E-state index in [2.05, 4.69) is 10.2 Å². The second-order valence-corrected chi connectivity index (χ2v) is 7.88. The molecule has 2 fully saturated rings. The van der Waals surface area contributed by atoms with Gasteiger partial charge in [-0.05, 0) is 29.8 Å². The summed E-state index contributed by atoms with van der Waals surface area (Å²) in [5.41, 5.74) is 1.20. The summed E-state index contributed by atoms with van der Waals surface area (Å²) in [4.78, 5) is 38.9. The van der Waals surface area contributed by atoms with Crippen LogP contribution in [0.5, 0.6) is 0 Å². The van der Waals surface area contributed by atoms with Crippen LogP contribution in [-0.4, -0.2) is 54.5 Å². The third-order valence-corrected chi connectivity index (χ3v) is 5.64. The normalized spacial score (nSPS) is 19.2. The number of hydrogen-bond donors (Lipinski definition) is 1. The lowest BCUT2D eigenvalue weighted by atomic mass is 10.1. The number of anilines is 2. The number of carbonyl (C=O) groups is 2. The number of nitrogens with zero attached hydrogens (tertiary/aromatic N) is 3. The van der Waals surface area contributed by atoms with E-state index in [9.17, 15) is 24.1 Å². The van der Waals surface area contributed by atoms with Gasteiger partial charge in [-0.2, -0.15) is 4.39 Å². The van der Waals surface area contributed by atoms with Gasteiger partial charge in [0, 0.05) is 44.4 Å². The minimum atomic E-state index is -0.975. The monoisotopic (exact) mass is 442 g/mol. The Morgan fingerprint density at radius 2 is 2.00 bits per heavy atom. The summed E-state index contributed by atoms with van der Waals surface area (Å²) in [6.07, 6.45) is -0.0233. The van der Waals surface area contributed by atoms with Crippen LogP contribution in [0.25, 0.3) is 0 Å². The van der Waals surface area contributed by atoms with Crippen LogP contribution >= 0.6 is 0 Å². The van der Waals surface area contributed by atoms with Gasteiger partial charge in [-0.3, -0.25) is 24.6 Å². The molecular weight excluding hydrogens is 419 g/mol. The van der Waals surface area contributed by atoms with Gasteiger partial charge < -0.3 is 15.0 Å². The molecule has 0 saturated carbocycles. The molecule has 2 aromatic rings. The average Bonchev–Trinajstić information content (AvgIpc) is 3.17. The summed E-state index contributed by atoms with van der Waals surface area (Å²) < 4.78 is 19.0. The van der Waals surface area contributed by atoms with Crippen molar-refractivity contribution in [1.82, 2.24) is 4.90 Å².